The molecule has 0 saturated heterocycles. The SMILES string of the molecule is Cc1ccc(C(=O)Nc2cccc(/C=C(\C#N)C(=O)Nc3ccccc3C(=O)O)c2)[nH]c1=O. The number of carbonyl (C=O) groups excluding carboxylic acids is 2. The number of H-pyrrole nitrogens is 1. The number of hydrogen-bond donors (Lipinski definition) is 4. The molecule has 0 atom stereocenters. The number of anilines is 2. The molecule has 2 aromatic carbocycles. The first kappa shape index (κ1) is 22.7. The molecular weight excluding hydrogens is 424 g/mol. The average molecular weight is 442 g/mol. The zero-order chi connectivity index (χ0) is 24.0. The summed E-state index contributed by atoms with van der Waals surface area (Å²) in [7, 11) is 0. The van der Waals surface area contributed by atoms with Gasteiger partial charge in [-0.3, -0.25) is 14.4 Å². The number of nitrogens with one attached hydrogen (secondary N) is 3. The van der Waals surface area contributed by atoms with Gasteiger partial charge in [0.15, 0.2) is 0 Å². The first-order valence-electron chi connectivity index (χ1n) is 9.65. The lowest BCUT2D eigenvalue weighted by molar-refractivity contribution is -0.112. The molecule has 33 heavy (non-hydrogen) atoms. The first-order valence-corrected chi connectivity index (χ1v) is 9.65. The first-order chi connectivity index (χ1) is 15.8. The number of pyridine rings is 1. The van der Waals surface area contributed by atoms with Crippen LogP contribution in [0.25, 0.3) is 6.08 Å². The van der Waals surface area contributed by atoms with Crippen LogP contribution in [0.4, 0.5) is 11.4 Å². The highest BCUT2D eigenvalue weighted by Crippen LogP contribution is 2.18. The molecule has 0 aliphatic rings. The molecule has 0 radical (unpaired) electrons. The fourth-order valence-electron chi connectivity index (χ4n) is 2.87. The molecule has 0 bridgehead atoms. The summed E-state index contributed by atoms with van der Waals surface area (Å²) >= 11 is 0. The number of rotatable bonds is 6. The molecule has 0 unspecified atom stereocenters. The van der Waals surface area contributed by atoms with Crippen LogP contribution in [0.5, 0.6) is 0 Å². The number of aromatic carboxylic acids is 1. The molecule has 4 N–H and O–H groups in total. The van der Waals surface area contributed by atoms with E-state index in [0.717, 1.165) is 0 Å². The second kappa shape index (κ2) is 9.89. The number of nitrogens with zero attached hydrogens (tertiary/aromatic N) is 1. The van der Waals surface area contributed by atoms with Gasteiger partial charge in [0.05, 0.1) is 11.3 Å². The van der Waals surface area contributed by atoms with Gasteiger partial charge < -0.3 is 20.7 Å². The van der Waals surface area contributed by atoms with Crippen molar-refractivity contribution in [2.24, 2.45) is 0 Å². The molecule has 9 heteroatoms. The lowest BCUT2D eigenvalue weighted by Crippen LogP contribution is -2.19. The van der Waals surface area contributed by atoms with Crippen molar-refractivity contribution >= 4 is 35.2 Å². The molecule has 0 aliphatic heterocycles. The zero-order valence-electron chi connectivity index (χ0n) is 17.4. The molecule has 9 nitrogen and oxygen atoms in total. The van der Waals surface area contributed by atoms with E-state index in [0.29, 0.717) is 16.8 Å². The molecule has 1 aromatic heterocycles. The van der Waals surface area contributed by atoms with Gasteiger partial charge in [-0.1, -0.05) is 30.3 Å². The molecule has 1 heterocycles. The van der Waals surface area contributed by atoms with E-state index >= 15 is 0 Å². The van der Waals surface area contributed by atoms with Crippen molar-refractivity contribution in [2.45, 2.75) is 6.92 Å². The third-order valence-corrected chi connectivity index (χ3v) is 4.58. The Balaban J connectivity index is 1.80. The van der Waals surface area contributed by atoms with Gasteiger partial charge in [0.25, 0.3) is 17.4 Å². The van der Waals surface area contributed by atoms with E-state index in [4.69, 9.17) is 0 Å². The highest BCUT2D eigenvalue weighted by Gasteiger charge is 2.15. The quantitative estimate of drug-likeness (QED) is 0.340. The van der Waals surface area contributed by atoms with Crippen molar-refractivity contribution in [1.29, 1.82) is 5.26 Å². The number of aryl methyl sites for hydroxylation is 1. The van der Waals surface area contributed by atoms with Gasteiger partial charge in [-0.25, -0.2) is 4.79 Å². The number of nitriles is 1. The van der Waals surface area contributed by atoms with Gasteiger partial charge in [0.1, 0.15) is 17.3 Å². The molecule has 0 saturated carbocycles. The van der Waals surface area contributed by atoms with Gasteiger partial charge in [0.2, 0.25) is 0 Å². The van der Waals surface area contributed by atoms with Crippen LogP contribution in [0.3, 0.4) is 0 Å². The number of aromatic nitrogens is 1. The fraction of sp³-hybridized carbons (Fsp3) is 0.0417. The number of aromatic amines is 1. The Morgan fingerprint density at radius 2 is 1.79 bits per heavy atom. The van der Waals surface area contributed by atoms with Gasteiger partial charge in [0, 0.05) is 11.3 Å². The third kappa shape index (κ3) is 5.59. The monoisotopic (exact) mass is 442 g/mol. The Bertz CT molecular complexity index is 1380. The molecular formula is C24H18N4O5. The maximum atomic E-state index is 12.5. The maximum Gasteiger partial charge on any atom is 0.337 e. The minimum absolute atomic E-state index is 0.0595. The van der Waals surface area contributed by atoms with Crippen molar-refractivity contribution in [3.8, 4) is 6.07 Å². The minimum atomic E-state index is -1.22. The topological polar surface area (TPSA) is 152 Å². The van der Waals surface area contributed by atoms with Crippen LogP contribution in [0.15, 0.2) is 71.0 Å². The Labute approximate surface area is 188 Å². The summed E-state index contributed by atoms with van der Waals surface area (Å²) in [5.74, 6) is -2.53. The Hall–Kier alpha value is -4.97. The van der Waals surface area contributed by atoms with Gasteiger partial charge >= 0.3 is 5.97 Å². The molecule has 2 amide bonds. The van der Waals surface area contributed by atoms with E-state index in [1.165, 1.54) is 36.4 Å². The summed E-state index contributed by atoms with van der Waals surface area (Å²) in [5, 5.41) is 23.7. The summed E-state index contributed by atoms with van der Waals surface area (Å²) in [6.07, 6.45) is 1.31. The number of hydrogen-bond acceptors (Lipinski definition) is 5. The second-order valence-electron chi connectivity index (χ2n) is 6.94. The lowest BCUT2D eigenvalue weighted by atomic mass is 10.1. The summed E-state index contributed by atoms with van der Waals surface area (Å²) in [5.41, 5.74) is 0.710. The van der Waals surface area contributed by atoms with Gasteiger partial charge in [-0.15, -0.1) is 0 Å². The van der Waals surface area contributed by atoms with Crippen LogP contribution in [0.2, 0.25) is 0 Å². The van der Waals surface area contributed by atoms with Gasteiger partial charge in [-0.05, 0) is 48.9 Å². The Morgan fingerprint density at radius 3 is 2.48 bits per heavy atom. The molecule has 0 aliphatic carbocycles. The summed E-state index contributed by atoms with van der Waals surface area (Å²) < 4.78 is 0. The van der Waals surface area contributed by atoms with Crippen molar-refractivity contribution in [1.82, 2.24) is 4.98 Å². The number of amides is 2. The lowest BCUT2D eigenvalue weighted by Gasteiger charge is -2.08. The van der Waals surface area contributed by atoms with E-state index in [1.54, 1.807) is 43.3 Å². The average Bonchev–Trinajstić information content (AvgIpc) is 2.79. The number of carbonyl (C=O) groups is 3. The van der Waals surface area contributed by atoms with Crippen LogP contribution in [0, 0.1) is 18.3 Å². The van der Waals surface area contributed by atoms with Gasteiger partial charge in [-0.2, -0.15) is 5.26 Å². The van der Waals surface area contributed by atoms with E-state index < -0.39 is 17.8 Å². The predicted octanol–water partition coefficient (Wildman–Crippen LogP) is 3.18. The van der Waals surface area contributed by atoms with Crippen molar-refractivity contribution in [2.75, 3.05) is 10.6 Å². The van der Waals surface area contributed by atoms with Crippen LogP contribution in [0.1, 0.15) is 32.0 Å². The van der Waals surface area contributed by atoms with E-state index in [9.17, 15) is 29.5 Å². The highest BCUT2D eigenvalue weighted by atomic mass is 16.4. The number of benzene rings is 2. The Morgan fingerprint density at radius 1 is 1.03 bits per heavy atom. The van der Waals surface area contributed by atoms with E-state index in [-0.39, 0.29) is 28.1 Å². The summed E-state index contributed by atoms with van der Waals surface area (Å²) in [4.78, 5) is 50.4. The predicted molar refractivity (Wildman–Crippen MR) is 122 cm³/mol. The maximum absolute atomic E-state index is 12.5. The molecule has 0 fully saturated rings. The molecule has 164 valence electrons. The fourth-order valence-corrected chi connectivity index (χ4v) is 2.87. The van der Waals surface area contributed by atoms with E-state index in [2.05, 4.69) is 15.6 Å². The van der Waals surface area contributed by atoms with E-state index in [1.807, 2.05) is 0 Å². The highest BCUT2D eigenvalue weighted by molar-refractivity contribution is 6.12. The van der Waals surface area contributed by atoms with Crippen LogP contribution < -0.4 is 16.2 Å². The number of carboxylic acid groups (broad SMARTS) is 1. The van der Waals surface area contributed by atoms with Crippen LogP contribution in [-0.2, 0) is 4.79 Å². The van der Waals surface area contributed by atoms with Crippen LogP contribution >= 0.6 is 0 Å². The summed E-state index contributed by atoms with van der Waals surface area (Å²) in [6, 6.07) is 17.0. The zero-order valence-corrected chi connectivity index (χ0v) is 17.4. The third-order valence-electron chi connectivity index (χ3n) is 4.58. The Kier molecular flexibility index (Phi) is 6.81. The van der Waals surface area contributed by atoms with Crippen molar-refractivity contribution in [3.05, 3.63) is 99.0 Å². The minimum Gasteiger partial charge on any atom is -0.478 e. The smallest absolute Gasteiger partial charge is 0.337 e. The normalized spacial score (nSPS) is 10.7. The molecule has 3 aromatic rings. The molecule has 3 rings (SSSR count). The van der Waals surface area contributed by atoms with Crippen LogP contribution in [-0.4, -0.2) is 27.9 Å². The summed E-state index contributed by atoms with van der Waals surface area (Å²) in [6.45, 7) is 1.62. The van der Waals surface area contributed by atoms with Crippen molar-refractivity contribution < 1.29 is 19.5 Å². The largest absolute Gasteiger partial charge is 0.478 e. The number of para-hydroxylation sites is 1. The molecule has 0 spiro atoms. The number of carboxylic acids is 1. The van der Waals surface area contributed by atoms with Crippen molar-refractivity contribution in [3.63, 3.8) is 0 Å². The second-order valence-corrected chi connectivity index (χ2v) is 6.94. The standard InChI is InChI=1S/C24H18N4O5/c1-14-9-10-20(28-21(14)29)23(31)26-17-6-4-5-15(12-17)11-16(13-25)22(30)27-19-8-3-2-7-18(19)24(32)33/h2-12H,1H3,(H,26,31)(H,27,30)(H,28,29)(H,32,33)/b16-11+.